The average molecular weight is 245 g/mol. The summed E-state index contributed by atoms with van der Waals surface area (Å²) in [6.07, 6.45) is 1.59. The number of benzene rings is 1. The van der Waals surface area contributed by atoms with Gasteiger partial charge in [0.15, 0.2) is 0 Å². The van der Waals surface area contributed by atoms with Crippen molar-refractivity contribution < 1.29 is 0 Å². The van der Waals surface area contributed by atoms with Crippen molar-refractivity contribution in [3.8, 4) is 0 Å². The van der Waals surface area contributed by atoms with Gasteiger partial charge < -0.3 is 5.32 Å². The van der Waals surface area contributed by atoms with Gasteiger partial charge in [0, 0.05) is 18.9 Å². The van der Waals surface area contributed by atoms with Crippen LogP contribution in [0.15, 0.2) is 41.7 Å². The molecule has 2 aromatic rings. The minimum Gasteiger partial charge on any atom is -0.373 e. The fraction of sp³-hybridized carbons (Fsp3) is 0.231. The lowest BCUT2D eigenvalue weighted by molar-refractivity contribution is 1.05. The summed E-state index contributed by atoms with van der Waals surface area (Å²) in [5.74, 6) is 1.79. The van der Waals surface area contributed by atoms with Crippen LogP contribution in [0.25, 0.3) is 0 Å². The van der Waals surface area contributed by atoms with E-state index < -0.39 is 0 Å². The third kappa shape index (κ3) is 3.46. The molecule has 4 heteroatoms. The van der Waals surface area contributed by atoms with E-state index in [4.69, 9.17) is 0 Å². The Labute approximate surface area is 106 Å². The minimum absolute atomic E-state index is 0.853. The van der Waals surface area contributed by atoms with Crippen molar-refractivity contribution in [2.24, 2.45) is 0 Å². The standard InChI is InChI=1S/C13H15N3S/c1-10-4-3-5-11(6-10)8-17-13-7-12(14-2)15-9-16-13/h3-7,9H,8H2,1-2H3,(H,14,15,16). The van der Waals surface area contributed by atoms with Gasteiger partial charge >= 0.3 is 0 Å². The van der Waals surface area contributed by atoms with Crippen LogP contribution in [0.2, 0.25) is 0 Å². The Bertz CT molecular complexity index is 500. The zero-order chi connectivity index (χ0) is 12.1. The summed E-state index contributed by atoms with van der Waals surface area (Å²) in [6, 6.07) is 10.5. The predicted molar refractivity (Wildman–Crippen MR) is 72.3 cm³/mol. The van der Waals surface area contributed by atoms with Gasteiger partial charge in [0.25, 0.3) is 0 Å². The maximum Gasteiger partial charge on any atom is 0.130 e. The van der Waals surface area contributed by atoms with Crippen LogP contribution < -0.4 is 5.32 Å². The van der Waals surface area contributed by atoms with Crippen molar-refractivity contribution in [3.05, 3.63) is 47.8 Å². The molecule has 0 amide bonds. The van der Waals surface area contributed by atoms with Crippen LogP contribution in [-0.2, 0) is 5.75 Å². The number of nitrogens with one attached hydrogen (secondary N) is 1. The van der Waals surface area contributed by atoms with E-state index in [0.29, 0.717) is 0 Å². The third-order valence-electron chi connectivity index (χ3n) is 2.37. The van der Waals surface area contributed by atoms with Gasteiger partial charge in [-0.3, -0.25) is 0 Å². The Morgan fingerprint density at radius 1 is 1.24 bits per heavy atom. The summed E-state index contributed by atoms with van der Waals surface area (Å²) in [5.41, 5.74) is 2.61. The lowest BCUT2D eigenvalue weighted by Gasteiger charge is -2.04. The number of rotatable bonds is 4. The number of hydrogen-bond donors (Lipinski definition) is 1. The van der Waals surface area contributed by atoms with Crippen molar-refractivity contribution in [1.29, 1.82) is 0 Å². The number of aryl methyl sites for hydroxylation is 1. The molecule has 0 radical (unpaired) electrons. The van der Waals surface area contributed by atoms with Crippen molar-refractivity contribution in [1.82, 2.24) is 9.97 Å². The fourth-order valence-electron chi connectivity index (χ4n) is 1.51. The van der Waals surface area contributed by atoms with Crippen molar-refractivity contribution in [2.45, 2.75) is 17.7 Å². The topological polar surface area (TPSA) is 37.8 Å². The van der Waals surface area contributed by atoms with Gasteiger partial charge in [-0.05, 0) is 12.5 Å². The van der Waals surface area contributed by atoms with E-state index >= 15 is 0 Å². The molecular weight excluding hydrogens is 230 g/mol. The minimum atomic E-state index is 0.853. The van der Waals surface area contributed by atoms with E-state index in [-0.39, 0.29) is 0 Å². The van der Waals surface area contributed by atoms with Crippen molar-refractivity contribution in [2.75, 3.05) is 12.4 Å². The number of aromatic nitrogens is 2. The summed E-state index contributed by atoms with van der Waals surface area (Å²) < 4.78 is 0. The summed E-state index contributed by atoms with van der Waals surface area (Å²) in [7, 11) is 1.86. The highest BCUT2D eigenvalue weighted by Gasteiger charge is 1.99. The van der Waals surface area contributed by atoms with Crippen LogP contribution in [0, 0.1) is 6.92 Å². The lowest BCUT2D eigenvalue weighted by atomic mass is 10.2. The van der Waals surface area contributed by atoms with Crippen LogP contribution in [0.1, 0.15) is 11.1 Å². The maximum absolute atomic E-state index is 4.24. The molecule has 88 valence electrons. The molecule has 0 saturated carbocycles. The first kappa shape index (κ1) is 11.9. The highest BCUT2D eigenvalue weighted by atomic mass is 32.2. The van der Waals surface area contributed by atoms with Crippen LogP contribution >= 0.6 is 11.8 Å². The van der Waals surface area contributed by atoms with Crippen LogP contribution in [0.5, 0.6) is 0 Å². The normalized spacial score (nSPS) is 10.2. The van der Waals surface area contributed by atoms with Crippen molar-refractivity contribution >= 4 is 17.6 Å². The van der Waals surface area contributed by atoms with Gasteiger partial charge in [-0.15, -0.1) is 11.8 Å². The molecule has 0 aliphatic heterocycles. The molecule has 0 atom stereocenters. The van der Waals surface area contributed by atoms with Gasteiger partial charge in [0.2, 0.25) is 0 Å². The molecule has 1 aromatic carbocycles. The van der Waals surface area contributed by atoms with Gasteiger partial charge in [0.1, 0.15) is 17.2 Å². The van der Waals surface area contributed by atoms with E-state index in [1.54, 1.807) is 18.1 Å². The first-order chi connectivity index (χ1) is 8.28. The molecule has 0 unspecified atom stereocenters. The van der Waals surface area contributed by atoms with Gasteiger partial charge in [-0.1, -0.05) is 29.8 Å². The van der Waals surface area contributed by atoms with Gasteiger partial charge in [-0.25, -0.2) is 9.97 Å². The molecule has 0 saturated heterocycles. The van der Waals surface area contributed by atoms with E-state index in [1.807, 2.05) is 13.1 Å². The molecule has 0 fully saturated rings. The molecule has 3 nitrogen and oxygen atoms in total. The van der Waals surface area contributed by atoms with Gasteiger partial charge in [-0.2, -0.15) is 0 Å². The fourth-order valence-corrected chi connectivity index (χ4v) is 2.33. The first-order valence-corrected chi connectivity index (χ1v) is 6.44. The largest absolute Gasteiger partial charge is 0.373 e. The smallest absolute Gasteiger partial charge is 0.130 e. The number of thioether (sulfide) groups is 1. The molecular formula is C13H15N3S. The SMILES string of the molecule is CNc1cc(SCc2cccc(C)c2)ncn1. The summed E-state index contributed by atoms with van der Waals surface area (Å²) in [6.45, 7) is 2.11. The zero-order valence-electron chi connectivity index (χ0n) is 9.97. The Balaban J connectivity index is 2.02. The summed E-state index contributed by atoms with van der Waals surface area (Å²) >= 11 is 1.72. The van der Waals surface area contributed by atoms with Gasteiger partial charge in [0.05, 0.1) is 0 Å². The highest BCUT2D eigenvalue weighted by molar-refractivity contribution is 7.98. The maximum atomic E-state index is 4.24. The molecule has 0 aliphatic carbocycles. The molecule has 0 aliphatic rings. The molecule has 2 rings (SSSR count). The highest BCUT2D eigenvalue weighted by Crippen LogP contribution is 2.22. The average Bonchev–Trinajstić information content (AvgIpc) is 2.37. The molecule has 17 heavy (non-hydrogen) atoms. The van der Waals surface area contributed by atoms with E-state index in [9.17, 15) is 0 Å². The monoisotopic (exact) mass is 245 g/mol. The molecule has 1 heterocycles. The van der Waals surface area contributed by atoms with E-state index in [0.717, 1.165) is 16.6 Å². The number of hydrogen-bond acceptors (Lipinski definition) is 4. The van der Waals surface area contributed by atoms with Crippen molar-refractivity contribution in [3.63, 3.8) is 0 Å². The quantitative estimate of drug-likeness (QED) is 0.663. The Hall–Kier alpha value is -1.55. The first-order valence-electron chi connectivity index (χ1n) is 5.46. The Kier molecular flexibility index (Phi) is 3.98. The summed E-state index contributed by atoms with van der Waals surface area (Å²) in [4.78, 5) is 8.33. The van der Waals surface area contributed by atoms with E-state index in [1.165, 1.54) is 11.1 Å². The second-order valence-electron chi connectivity index (χ2n) is 3.77. The van der Waals surface area contributed by atoms with Crippen LogP contribution in [0.4, 0.5) is 5.82 Å². The summed E-state index contributed by atoms with van der Waals surface area (Å²) in [5, 5.41) is 4.00. The molecule has 1 N–H and O–H groups in total. The molecule has 0 bridgehead atoms. The predicted octanol–water partition coefficient (Wildman–Crippen LogP) is 3.12. The number of nitrogens with zero attached hydrogens (tertiary/aromatic N) is 2. The van der Waals surface area contributed by atoms with Crippen LogP contribution in [0.3, 0.4) is 0 Å². The number of anilines is 1. The second kappa shape index (κ2) is 5.68. The molecule has 0 spiro atoms. The Morgan fingerprint density at radius 3 is 2.88 bits per heavy atom. The van der Waals surface area contributed by atoms with Crippen LogP contribution in [-0.4, -0.2) is 17.0 Å². The third-order valence-corrected chi connectivity index (χ3v) is 3.36. The molecule has 1 aromatic heterocycles. The lowest BCUT2D eigenvalue weighted by Crippen LogP contribution is -1.93. The Morgan fingerprint density at radius 2 is 2.12 bits per heavy atom. The zero-order valence-corrected chi connectivity index (χ0v) is 10.8. The van der Waals surface area contributed by atoms with E-state index in [2.05, 4.69) is 46.5 Å². The second-order valence-corrected chi connectivity index (χ2v) is 4.76.